The molecule has 3 aliphatic rings. The van der Waals surface area contributed by atoms with Gasteiger partial charge in [0.25, 0.3) is 11.8 Å². The molecular weight excluding hydrogens is 357 g/mol. The van der Waals surface area contributed by atoms with Gasteiger partial charge in [0.1, 0.15) is 11.9 Å². The van der Waals surface area contributed by atoms with E-state index in [-0.39, 0.29) is 42.2 Å². The second-order valence-electron chi connectivity index (χ2n) is 7.08. The number of aliphatic hydroxyl groups is 1. The van der Waals surface area contributed by atoms with Crippen molar-refractivity contribution < 1.29 is 28.7 Å². The highest BCUT2D eigenvalue weighted by Crippen LogP contribution is 2.34. The predicted octanol–water partition coefficient (Wildman–Crippen LogP) is 0.0455. The van der Waals surface area contributed by atoms with Crippen molar-refractivity contribution >= 4 is 29.3 Å². The number of hydrogen-bond acceptors (Lipinski definition) is 6. The van der Waals surface area contributed by atoms with Crippen molar-refractivity contribution in [1.82, 2.24) is 10.2 Å². The summed E-state index contributed by atoms with van der Waals surface area (Å²) in [5, 5.41) is 11.4. The topological polar surface area (TPSA) is 107 Å². The summed E-state index contributed by atoms with van der Waals surface area (Å²) in [5.41, 5.74) is 0.174. The van der Waals surface area contributed by atoms with Crippen molar-refractivity contribution in [3.63, 3.8) is 0 Å². The monoisotopic (exact) mass is 375 g/mol. The number of piperidine rings is 1. The highest BCUT2D eigenvalue weighted by atomic mass is 19.1. The lowest BCUT2D eigenvalue weighted by molar-refractivity contribution is -0.136. The lowest BCUT2D eigenvalue weighted by Gasteiger charge is -2.27. The smallest absolute Gasteiger partial charge is 0.262 e. The molecule has 2 saturated heterocycles. The quantitative estimate of drug-likeness (QED) is 0.723. The Balaban J connectivity index is 1.65. The first-order valence-electron chi connectivity index (χ1n) is 8.81. The summed E-state index contributed by atoms with van der Waals surface area (Å²) in [4.78, 5) is 51.4. The average Bonchev–Trinajstić information content (AvgIpc) is 3.19. The summed E-state index contributed by atoms with van der Waals surface area (Å²) in [5.74, 6) is -3.14. The van der Waals surface area contributed by atoms with Crippen LogP contribution >= 0.6 is 0 Å². The number of amides is 4. The number of hydrogen-bond donors (Lipinski definition) is 2. The van der Waals surface area contributed by atoms with Gasteiger partial charge in [-0.3, -0.25) is 29.4 Å². The average molecular weight is 375 g/mol. The molecule has 0 bridgehead atoms. The van der Waals surface area contributed by atoms with Crippen LogP contribution in [0.1, 0.15) is 40.0 Å². The number of nitrogens with one attached hydrogen (secondary N) is 1. The van der Waals surface area contributed by atoms with Crippen LogP contribution < -0.4 is 10.2 Å². The molecule has 27 heavy (non-hydrogen) atoms. The SMILES string of the molecule is O=C1CCC(N2C(=O)c3cc(F)c(N4CC[C@@H](CO)C4)cc3C2=O)C(=O)N1. The third-order valence-electron chi connectivity index (χ3n) is 5.39. The number of imide groups is 2. The molecule has 3 heterocycles. The molecule has 8 nitrogen and oxygen atoms in total. The van der Waals surface area contributed by atoms with Crippen LogP contribution in [0.15, 0.2) is 12.1 Å². The summed E-state index contributed by atoms with van der Waals surface area (Å²) in [6.45, 7) is 1.01. The van der Waals surface area contributed by atoms with E-state index in [0.29, 0.717) is 19.5 Å². The van der Waals surface area contributed by atoms with Gasteiger partial charge in [0, 0.05) is 32.0 Å². The van der Waals surface area contributed by atoms with Crippen molar-refractivity contribution in [2.45, 2.75) is 25.3 Å². The Labute approximate surface area is 153 Å². The van der Waals surface area contributed by atoms with Crippen LogP contribution in [0.2, 0.25) is 0 Å². The summed E-state index contributed by atoms with van der Waals surface area (Å²) in [6, 6.07) is 1.30. The normalized spacial score (nSPS) is 25.3. The molecule has 1 unspecified atom stereocenters. The van der Waals surface area contributed by atoms with Gasteiger partial charge in [-0.25, -0.2) is 4.39 Å². The van der Waals surface area contributed by atoms with Crippen LogP contribution in [0.3, 0.4) is 0 Å². The minimum absolute atomic E-state index is 0.00374. The number of nitrogens with zero attached hydrogens (tertiary/aromatic N) is 2. The van der Waals surface area contributed by atoms with Gasteiger partial charge >= 0.3 is 0 Å². The van der Waals surface area contributed by atoms with E-state index in [0.717, 1.165) is 11.0 Å². The van der Waals surface area contributed by atoms with Crippen LogP contribution in [0.4, 0.5) is 10.1 Å². The van der Waals surface area contributed by atoms with Crippen molar-refractivity contribution in [3.8, 4) is 0 Å². The van der Waals surface area contributed by atoms with E-state index < -0.39 is 35.5 Å². The Morgan fingerprint density at radius 3 is 2.44 bits per heavy atom. The summed E-state index contributed by atoms with van der Waals surface area (Å²) in [7, 11) is 0. The van der Waals surface area contributed by atoms with Gasteiger partial charge in [-0.05, 0) is 25.0 Å². The lowest BCUT2D eigenvalue weighted by Crippen LogP contribution is -2.54. The highest BCUT2D eigenvalue weighted by Gasteiger charge is 2.45. The first-order valence-corrected chi connectivity index (χ1v) is 8.81. The number of fused-ring (bicyclic) bond motifs is 1. The third kappa shape index (κ3) is 2.78. The number of benzene rings is 1. The molecule has 0 spiro atoms. The third-order valence-corrected chi connectivity index (χ3v) is 5.39. The second-order valence-corrected chi connectivity index (χ2v) is 7.08. The fourth-order valence-corrected chi connectivity index (χ4v) is 3.92. The molecule has 0 radical (unpaired) electrons. The highest BCUT2D eigenvalue weighted by molar-refractivity contribution is 6.23. The summed E-state index contributed by atoms with van der Waals surface area (Å²) in [6.07, 6.45) is 0.790. The number of rotatable bonds is 3. The van der Waals surface area contributed by atoms with Gasteiger partial charge in [0.15, 0.2) is 0 Å². The molecule has 2 fully saturated rings. The van der Waals surface area contributed by atoms with Crippen LogP contribution in [-0.2, 0) is 9.59 Å². The largest absolute Gasteiger partial charge is 0.396 e. The second kappa shape index (κ2) is 6.41. The minimum atomic E-state index is -1.08. The lowest BCUT2D eigenvalue weighted by atomic mass is 10.0. The molecular formula is C18H18FN3O5. The van der Waals surface area contributed by atoms with Crippen LogP contribution in [0, 0.1) is 11.7 Å². The number of carbonyl (C=O) groups excluding carboxylic acids is 4. The van der Waals surface area contributed by atoms with Crippen LogP contribution in [0.25, 0.3) is 0 Å². The summed E-state index contributed by atoms with van der Waals surface area (Å²) < 4.78 is 14.6. The maximum Gasteiger partial charge on any atom is 0.262 e. The van der Waals surface area contributed by atoms with Crippen molar-refractivity contribution in [2.75, 3.05) is 24.6 Å². The molecule has 9 heteroatoms. The van der Waals surface area contributed by atoms with E-state index in [9.17, 15) is 28.7 Å². The Kier molecular flexibility index (Phi) is 4.18. The van der Waals surface area contributed by atoms with Gasteiger partial charge in [0.2, 0.25) is 11.8 Å². The van der Waals surface area contributed by atoms with Crippen molar-refractivity contribution in [1.29, 1.82) is 0 Å². The van der Waals surface area contributed by atoms with Crippen LogP contribution in [-0.4, -0.2) is 59.4 Å². The Morgan fingerprint density at radius 1 is 1.11 bits per heavy atom. The van der Waals surface area contributed by atoms with Crippen LogP contribution in [0.5, 0.6) is 0 Å². The van der Waals surface area contributed by atoms with Gasteiger partial charge in [-0.1, -0.05) is 0 Å². The van der Waals surface area contributed by atoms with Gasteiger partial charge < -0.3 is 10.0 Å². The molecule has 4 rings (SSSR count). The first kappa shape index (κ1) is 17.6. The maximum atomic E-state index is 14.6. The standard InChI is InChI=1S/C18H18FN3O5/c19-12-5-10-11(6-14(12)21-4-3-9(7-21)8-23)18(27)22(17(10)26)13-1-2-15(24)20-16(13)25/h5-6,9,13,23H,1-4,7-8H2,(H,20,24,25)/t9-,13?/m1/s1. The molecule has 0 aliphatic carbocycles. The summed E-state index contributed by atoms with van der Waals surface area (Å²) >= 11 is 0. The Morgan fingerprint density at radius 2 is 1.81 bits per heavy atom. The Hall–Kier alpha value is -2.81. The maximum absolute atomic E-state index is 14.6. The van der Waals surface area contributed by atoms with Gasteiger partial charge in [-0.2, -0.15) is 0 Å². The van der Waals surface area contributed by atoms with E-state index >= 15 is 0 Å². The molecule has 4 amide bonds. The zero-order valence-corrected chi connectivity index (χ0v) is 14.4. The van der Waals surface area contributed by atoms with Gasteiger partial charge in [-0.15, -0.1) is 0 Å². The molecule has 142 valence electrons. The predicted molar refractivity (Wildman–Crippen MR) is 90.5 cm³/mol. The van der Waals surface area contributed by atoms with E-state index in [2.05, 4.69) is 5.32 Å². The molecule has 0 saturated carbocycles. The minimum Gasteiger partial charge on any atom is -0.396 e. The van der Waals surface area contributed by atoms with E-state index in [4.69, 9.17) is 0 Å². The first-order chi connectivity index (χ1) is 12.9. The number of aliphatic hydroxyl groups excluding tert-OH is 1. The number of anilines is 1. The van der Waals surface area contributed by atoms with Crippen molar-refractivity contribution in [2.24, 2.45) is 5.92 Å². The fraction of sp³-hybridized carbons (Fsp3) is 0.444. The Bertz CT molecular complexity index is 871. The molecule has 2 N–H and O–H groups in total. The molecule has 1 aromatic carbocycles. The number of carbonyl (C=O) groups is 4. The van der Waals surface area contributed by atoms with Gasteiger partial charge in [0.05, 0.1) is 16.8 Å². The van der Waals surface area contributed by atoms with E-state index in [1.54, 1.807) is 4.90 Å². The molecule has 2 atom stereocenters. The molecule has 3 aliphatic heterocycles. The fourth-order valence-electron chi connectivity index (χ4n) is 3.92. The van der Waals surface area contributed by atoms with Crippen molar-refractivity contribution in [3.05, 3.63) is 29.1 Å². The number of halogens is 1. The molecule has 1 aromatic rings. The molecule has 0 aromatic heterocycles. The zero-order chi connectivity index (χ0) is 19.3. The van der Waals surface area contributed by atoms with E-state index in [1.165, 1.54) is 6.07 Å². The zero-order valence-electron chi connectivity index (χ0n) is 14.4. The van der Waals surface area contributed by atoms with E-state index in [1.807, 2.05) is 0 Å².